The maximum atomic E-state index is 9.00. The Hall–Kier alpha value is -0.0800. The summed E-state index contributed by atoms with van der Waals surface area (Å²) in [6.45, 7) is 4.51. The van der Waals surface area contributed by atoms with Crippen LogP contribution in [-0.2, 0) is 0 Å². The number of hydrogen-bond donors (Lipinski definition) is 2. The van der Waals surface area contributed by atoms with Gasteiger partial charge in [-0.05, 0) is 43.9 Å². The Morgan fingerprint density at radius 3 is 2.00 bits per heavy atom. The molecule has 0 heterocycles. The highest BCUT2D eigenvalue weighted by Gasteiger charge is 2.25. The van der Waals surface area contributed by atoms with Crippen LogP contribution in [0.2, 0.25) is 0 Å². The van der Waals surface area contributed by atoms with Gasteiger partial charge >= 0.3 is 0 Å². The van der Waals surface area contributed by atoms with E-state index in [-0.39, 0.29) is 5.92 Å². The molecule has 0 radical (unpaired) electrons. The fourth-order valence-corrected chi connectivity index (χ4v) is 2.39. The second-order valence-corrected chi connectivity index (χ2v) is 4.82. The quantitative estimate of drug-likeness (QED) is 0.663. The molecule has 0 aromatic carbocycles. The first-order valence-corrected chi connectivity index (χ1v) is 5.45. The summed E-state index contributed by atoms with van der Waals surface area (Å²) in [6, 6.07) is 0. The van der Waals surface area contributed by atoms with E-state index in [1.807, 2.05) is 0 Å². The zero-order valence-electron chi connectivity index (χ0n) is 8.74. The Balaban J connectivity index is 2.22. The molecule has 1 saturated carbocycles. The van der Waals surface area contributed by atoms with Crippen LogP contribution in [-0.4, -0.2) is 16.5 Å². The largest absolute Gasteiger partial charge is 0.368 e. The first kappa shape index (κ1) is 11.0. The summed E-state index contributed by atoms with van der Waals surface area (Å²) in [7, 11) is 0. The monoisotopic (exact) mass is 186 g/mol. The maximum absolute atomic E-state index is 9.00. The molecule has 2 nitrogen and oxygen atoms in total. The summed E-state index contributed by atoms with van der Waals surface area (Å²) >= 11 is 0. The van der Waals surface area contributed by atoms with E-state index in [4.69, 9.17) is 10.2 Å². The first-order chi connectivity index (χ1) is 6.09. The minimum Gasteiger partial charge on any atom is -0.368 e. The highest BCUT2D eigenvalue weighted by atomic mass is 16.5. The minimum absolute atomic E-state index is 0.142. The summed E-state index contributed by atoms with van der Waals surface area (Å²) in [5.41, 5.74) is 0. The van der Waals surface area contributed by atoms with Crippen molar-refractivity contribution in [1.29, 1.82) is 0 Å². The van der Waals surface area contributed by atoms with Gasteiger partial charge in [-0.15, -0.1) is 0 Å². The molecule has 0 aromatic rings. The predicted octanol–water partition coefficient (Wildman–Crippen LogP) is 2.15. The van der Waals surface area contributed by atoms with Crippen molar-refractivity contribution < 1.29 is 10.2 Å². The first-order valence-electron chi connectivity index (χ1n) is 5.45. The van der Waals surface area contributed by atoms with Gasteiger partial charge in [0.25, 0.3) is 0 Å². The van der Waals surface area contributed by atoms with Crippen LogP contribution in [0.5, 0.6) is 0 Å². The highest BCUT2D eigenvalue weighted by Crippen LogP contribution is 2.33. The second-order valence-electron chi connectivity index (χ2n) is 4.82. The molecule has 0 saturated heterocycles. The molecule has 0 spiro atoms. The zero-order valence-corrected chi connectivity index (χ0v) is 8.74. The molecule has 1 rings (SSSR count). The fraction of sp³-hybridized carbons (Fsp3) is 1.00. The summed E-state index contributed by atoms with van der Waals surface area (Å²) in [5.74, 6) is 1.75. The van der Waals surface area contributed by atoms with Crippen LogP contribution < -0.4 is 0 Å². The molecule has 0 bridgehead atoms. The van der Waals surface area contributed by atoms with Gasteiger partial charge in [-0.25, -0.2) is 0 Å². The van der Waals surface area contributed by atoms with Crippen molar-refractivity contribution >= 4 is 0 Å². The van der Waals surface area contributed by atoms with Gasteiger partial charge in [0.05, 0.1) is 0 Å². The van der Waals surface area contributed by atoms with Crippen LogP contribution in [0.1, 0.15) is 46.0 Å². The number of aliphatic hydroxyl groups is 2. The van der Waals surface area contributed by atoms with Crippen LogP contribution >= 0.6 is 0 Å². The Morgan fingerprint density at radius 1 is 1.08 bits per heavy atom. The van der Waals surface area contributed by atoms with Crippen molar-refractivity contribution in [3.8, 4) is 0 Å². The molecule has 13 heavy (non-hydrogen) atoms. The van der Waals surface area contributed by atoms with Gasteiger partial charge in [-0.3, -0.25) is 0 Å². The average molecular weight is 186 g/mol. The Labute approximate surface area is 81.0 Å². The molecule has 1 fully saturated rings. The van der Waals surface area contributed by atoms with E-state index in [9.17, 15) is 0 Å². The highest BCUT2D eigenvalue weighted by molar-refractivity contribution is 4.74. The third-order valence-corrected chi connectivity index (χ3v) is 3.12. The molecular formula is C11H22O2. The van der Waals surface area contributed by atoms with Gasteiger partial charge in [-0.1, -0.05) is 13.8 Å². The molecule has 0 amide bonds. The molecule has 0 aromatic heterocycles. The molecule has 1 aliphatic rings. The van der Waals surface area contributed by atoms with E-state index in [1.165, 1.54) is 19.3 Å². The van der Waals surface area contributed by atoms with E-state index in [0.29, 0.717) is 0 Å². The molecule has 0 atom stereocenters. The lowest BCUT2D eigenvalue weighted by atomic mass is 9.78. The fourth-order valence-electron chi connectivity index (χ4n) is 2.39. The van der Waals surface area contributed by atoms with Crippen molar-refractivity contribution in [2.45, 2.75) is 52.2 Å². The lowest BCUT2D eigenvalue weighted by Crippen LogP contribution is -2.25. The molecule has 2 N–H and O–H groups in total. The molecule has 78 valence electrons. The normalized spacial score (nSPS) is 30.0. The second kappa shape index (κ2) is 4.97. The van der Waals surface area contributed by atoms with Crippen LogP contribution in [0.25, 0.3) is 0 Å². The van der Waals surface area contributed by atoms with Gasteiger partial charge in [0.2, 0.25) is 0 Å². The van der Waals surface area contributed by atoms with Crippen LogP contribution in [0.15, 0.2) is 0 Å². The van der Waals surface area contributed by atoms with Gasteiger partial charge in [0.1, 0.15) is 0 Å². The summed E-state index contributed by atoms with van der Waals surface area (Å²) in [5, 5.41) is 18.0. The predicted molar refractivity (Wildman–Crippen MR) is 53.1 cm³/mol. The molecule has 0 unspecified atom stereocenters. The Kier molecular flexibility index (Phi) is 4.20. The lowest BCUT2D eigenvalue weighted by Gasteiger charge is -2.30. The summed E-state index contributed by atoms with van der Waals surface area (Å²) in [6.07, 6.45) is 4.57. The van der Waals surface area contributed by atoms with Gasteiger partial charge < -0.3 is 10.2 Å². The van der Waals surface area contributed by atoms with Crippen LogP contribution in [0, 0.1) is 17.8 Å². The third-order valence-electron chi connectivity index (χ3n) is 3.12. The smallest absolute Gasteiger partial charge is 0.154 e. The van der Waals surface area contributed by atoms with Crippen molar-refractivity contribution in [3.63, 3.8) is 0 Å². The number of aliphatic hydroxyl groups excluding tert-OH is 1. The van der Waals surface area contributed by atoms with Gasteiger partial charge in [-0.2, -0.15) is 0 Å². The van der Waals surface area contributed by atoms with Crippen LogP contribution in [0.4, 0.5) is 0 Å². The molecule has 2 heteroatoms. The zero-order chi connectivity index (χ0) is 9.84. The van der Waals surface area contributed by atoms with Crippen molar-refractivity contribution in [3.05, 3.63) is 0 Å². The molecule has 1 aliphatic carbocycles. The minimum atomic E-state index is -1.08. The van der Waals surface area contributed by atoms with Crippen molar-refractivity contribution in [2.24, 2.45) is 17.8 Å². The summed E-state index contributed by atoms with van der Waals surface area (Å²) < 4.78 is 0. The van der Waals surface area contributed by atoms with Crippen molar-refractivity contribution in [1.82, 2.24) is 0 Å². The van der Waals surface area contributed by atoms with E-state index in [0.717, 1.165) is 24.7 Å². The lowest BCUT2D eigenvalue weighted by molar-refractivity contribution is -0.0962. The third kappa shape index (κ3) is 3.65. The van der Waals surface area contributed by atoms with E-state index >= 15 is 0 Å². The van der Waals surface area contributed by atoms with E-state index in [1.54, 1.807) is 0 Å². The average Bonchev–Trinajstić information content (AvgIpc) is 2.04. The van der Waals surface area contributed by atoms with E-state index < -0.39 is 6.29 Å². The number of hydrogen-bond acceptors (Lipinski definition) is 2. The maximum Gasteiger partial charge on any atom is 0.154 e. The molecule has 0 aliphatic heterocycles. The Morgan fingerprint density at radius 2 is 1.62 bits per heavy atom. The number of rotatable bonds is 3. The summed E-state index contributed by atoms with van der Waals surface area (Å²) in [4.78, 5) is 0. The standard InChI is InChI=1S/C11H22O2/c1-8(2)7-9-3-5-10(6-4-9)11(12)13/h8-13H,3-7H2,1-2H3/t9-,10-. The topological polar surface area (TPSA) is 40.5 Å². The van der Waals surface area contributed by atoms with Crippen molar-refractivity contribution in [2.75, 3.05) is 0 Å². The van der Waals surface area contributed by atoms with E-state index in [2.05, 4.69) is 13.8 Å². The van der Waals surface area contributed by atoms with Gasteiger partial charge in [0.15, 0.2) is 6.29 Å². The van der Waals surface area contributed by atoms with Crippen LogP contribution in [0.3, 0.4) is 0 Å². The SMILES string of the molecule is CC(C)C[C@H]1CC[C@H](C(O)O)CC1. The molecular weight excluding hydrogens is 164 g/mol. The Bertz CT molecular complexity index is 135. The van der Waals surface area contributed by atoms with Gasteiger partial charge in [0, 0.05) is 5.92 Å².